The number of nitrogens with zero attached hydrogens (tertiary/aromatic N) is 1. The van der Waals surface area contributed by atoms with Gasteiger partial charge in [0.25, 0.3) is 0 Å². The lowest BCUT2D eigenvalue weighted by Gasteiger charge is -2.32. The first-order chi connectivity index (χ1) is 8.66. The van der Waals surface area contributed by atoms with Crippen LogP contribution in [0, 0.1) is 5.92 Å². The van der Waals surface area contributed by atoms with E-state index in [1.165, 1.54) is 5.56 Å². The summed E-state index contributed by atoms with van der Waals surface area (Å²) in [4.78, 5) is 2.57. The fourth-order valence-corrected chi connectivity index (χ4v) is 2.71. The zero-order chi connectivity index (χ0) is 13.0. The van der Waals surface area contributed by atoms with Gasteiger partial charge < -0.3 is 10.2 Å². The molecular formula is C15H23ClN2. The second-order valence-electron chi connectivity index (χ2n) is 5.45. The van der Waals surface area contributed by atoms with Crippen molar-refractivity contribution in [2.45, 2.75) is 19.8 Å². The van der Waals surface area contributed by atoms with Crippen LogP contribution in [0.3, 0.4) is 0 Å². The minimum atomic E-state index is 0.598. The fourth-order valence-electron chi connectivity index (χ4n) is 2.58. The average molecular weight is 267 g/mol. The number of rotatable bonds is 4. The molecule has 100 valence electrons. The highest BCUT2D eigenvalue weighted by Crippen LogP contribution is 2.26. The molecular weight excluding hydrogens is 244 g/mol. The summed E-state index contributed by atoms with van der Waals surface area (Å²) in [6.45, 7) is 10.3. The van der Waals surface area contributed by atoms with E-state index in [1.807, 2.05) is 12.1 Å². The zero-order valence-corrected chi connectivity index (χ0v) is 12.1. The Morgan fingerprint density at radius 1 is 1.17 bits per heavy atom. The van der Waals surface area contributed by atoms with Crippen LogP contribution in [0.2, 0.25) is 5.02 Å². The largest absolute Gasteiger partial charge is 0.314 e. The third-order valence-corrected chi connectivity index (χ3v) is 4.02. The third-order valence-electron chi connectivity index (χ3n) is 3.77. The topological polar surface area (TPSA) is 15.3 Å². The van der Waals surface area contributed by atoms with Gasteiger partial charge in [-0.25, -0.2) is 0 Å². The van der Waals surface area contributed by atoms with Crippen LogP contribution in [0.5, 0.6) is 0 Å². The van der Waals surface area contributed by atoms with Crippen LogP contribution >= 0.6 is 11.6 Å². The van der Waals surface area contributed by atoms with Gasteiger partial charge in [0, 0.05) is 37.7 Å². The van der Waals surface area contributed by atoms with Crippen molar-refractivity contribution in [1.29, 1.82) is 0 Å². The van der Waals surface area contributed by atoms with Crippen molar-refractivity contribution in [3.8, 4) is 0 Å². The van der Waals surface area contributed by atoms with Gasteiger partial charge in [-0.15, -0.1) is 0 Å². The highest BCUT2D eigenvalue weighted by atomic mass is 35.5. The summed E-state index contributed by atoms with van der Waals surface area (Å²) >= 11 is 5.97. The van der Waals surface area contributed by atoms with Crippen molar-refractivity contribution >= 4 is 11.6 Å². The van der Waals surface area contributed by atoms with E-state index in [0.29, 0.717) is 11.8 Å². The number of nitrogens with one attached hydrogen (secondary N) is 1. The normalized spacial score (nSPS) is 19.1. The molecule has 2 nitrogen and oxygen atoms in total. The molecule has 0 aromatic heterocycles. The van der Waals surface area contributed by atoms with Crippen LogP contribution in [0.4, 0.5) is 0 Å². The number of benzene rings is 1. The Hall–Kier alpha value is -0.570. The highest BCUT2D eigenvalue weighted by Gasteiger charge is 2.20. The van der Waals surface area contributed by atoms with Gasteiger partial charge in [-0.05, 0) is 29.5 Å². The summed E-state index contributed by atoms with van der Waals surface area (Å²) in [5.41, 5.74) is 1.41. The van der Waals surface area contributed by atoms with Gasteiger partial charge in [-0.1, -0.05) is 37.6 Å². The van der Waals surface area contributed by atoms with Gasteiger partial charge in [0.05, 0.1) is 0 Å². The molecule has 1 aromatic rings. The van der Waals surface area contributed by atoms with Crippen molar-refractivity contribution in [3.05, 3.63) is 34.9 Å². The van der Waals surface area contributed by atoms with E-state index < -0.39 is 0 Å². The van der Waals surface area contributed by atoms with E-state index in [4.69, 9.17) is 11.6 Å². The Balaban J connectivity index is 2.05. The molecule has 0 bridgehead atoms. The molecule has 18 heavy (non-hydrogen) atoms. The predicted octanol–water partition coefficient (Wildman–Crippen LogP) is 2.98. The highest BCUT2D eigenvalue weighted by molar-refractivity contribution is 6.30. The van der Waals surface area contributed by atoms with Crippen LogP contribution in [0.25, 0.3) is 0 Å². The van der Waals surface area contributed by atoms with Gasteiger partial charge >= 0.3 is 0 Å². The van der Waals surface area contributed by atoms with Crippen molar-refractivity contribution in [1.82, 2.24) is 10.2 Å². The molecule has 0 amide bonds. The van der Waals surface area contributed by atoms with Crippen molar-refractivity contribution in [2.24, 2.45) is 5.92 Å². The maximum absolute atomic E-state index is 5.97. The Morgan fingerprint density at radius 2 is 1.78 bits per heavy atom. The zero-order valence-electron chi connectivity index (χ0n) is 11.3. The molecule has 1 atom stereocenters. The monoisotopic (exact) mass is 266 g/mol. The quantitative estimate of drug-likeness (QED) is 0.901. The number of hydrogen-bond acceptors (Lipinski definition) is 2. The SMILES string of the molecule is CC(C)C(CN1CCNCC1)c1ccc(Cl)cc1. The molecule has 1 aliphatic rings. The molecule has 2 rings (SSSR count). The molecule has 0 aliphatic carbocycles. The second-order valence-corrected chi connectivity index (χ2v) is 5.89. The fraction of sp³-hybridized carbons (Fsp3) is 0.600. The van der Waals surface area contributed by atoms with E-state index in [-0.39, 0.29) is 0 Å². The van der Waals surface area contributed by atoms with E-state index in [1.54, 1.807) is 0 Å². The van der Waals surface area contributed by atoms with Crippen molar-refractivity contribution in [3.63, 3.8) is 0 Å². The van der Waals surface area contributed by atoms with Crippen LogP contribution in [0.15, 0.2) is 24.3 Å². The smallest absolute Gasteiger partial charge is 0.0406 e. The first-order valence-electron chi connectivity index (χ1n) is 6.85. The summed E-state index contributed by atoms with van der Waals surface area (Å²) in [6.07, 6.45) is 0. The predicted molar refractivity (Wildman–Crippen MR) is 78.3 cm³/mol. The Kier molecular flexibility index (Phi) is 5.04. The molecule has 1 fully saturated rings. The molecule has 1 aliphatic heterocycles. The molecule has 0 saturated carbocycles. The molecule has 1 saturated heterocycles. The first kappa shape index (κ1) is 13.9. The first-order valence-corrected chi connectivity index (χ1v) is 7.23. The number of halogens is 1. The average Bonchev–Trinajstić information content (AvgIpc) is 2.38. The van der Waals surface area contributed by atoms with Crippen LogP contribution in [0.1, 0.15) is 25.3 Å². The van der Waals surface area contributed by atoms with Gasteiger partial charge in [0.1, 0.15) is 0 Å². The maximum atomic E-state index is 5.97. The minimum Gasteiger partial charge on any atom is -0.314 e. The van der Waals surface area contributed by atoms with Crippen LogP contribution in [-0.2, 0) is 0 Å². The summed E-state index contributed by atoms with van der Waals surface area (Å²) in [7, 11) is 0. The van der Waals surface area contributed by atoms with Crippen LogP contribution < -0.4 is 5.32 Å². The molecule has 1 heterocycles. The third kappa shape index (κ3) is 3.71. The maximum Gasteiger partial charge on any atom is 0.0406 e. The lowest BCUT2D eigenvalue weighted by Crippen LogP contribution is -2.45. The molecule has 1 unspecified atom stereocenters. The lowest BCUT2D eigenvalue weighted by atomic mass is 9.88. The number of piperazine rings is 1. The van der Waals surface area contributed by atoms with Gasteiger partial charge in [0.2, 0.25) is 0 Å². The standard InChI is InChI=1S/C15H23ClN2/c1-12(2)15(11-18-9-7-17-8-10-18)13-3-5-14(16)6-4-13/h3-6,12,15,17H,7-11H2,1-2H3. The Bertz CT molecular complexity index is 355. The Morgan fingerprint density at radius 3 is 2.33 bits per heavy atom. The van der Waals surface area contributed by atoms with E-state index >= 15 is 0 Å². The van der Waals surface area contributed by atoms with E-state index in [0.717, 1.165) is 37.7 Å². The van der Waals surface area contributed by atoms with Crippen LogP contribution in [-0.4, -0.2) is 37.6 Å². The number of hydrogen-bond donors (Lipinski definition) is 1. The summed E-state index contributed by atoms with van der Waals surface area (Å²) in [5.74, 6) is 1.25. The molecule has 1 aromatic carbocycles. The molecule has 3 heteroatoms. The summed E-state index contributed by atoms with van der Waals surface area (Å²) in [5, 5.41) is 4.23. The van der Waals surface area contributed by atoms with Crippen molar-refractivity contribution < 1.29 is 0 Å². The van der Waals surface area contributed by atoms with Gasteiger partial charge in [-0.3, -0.25) is 0 Å². The molecule has 1 N–H and O–H groups in total. The van der Waals surface area contributed by atoms with Gasteiger partial charge in [0.15, 0.2) is 0 Å². The van der Waals surface area contributed by atoms with E-state index in [2.05, 4.69) is 36.2 Å². The van der Waals surface area contributed by atoms with E-state index in [9.17, 15) is 0 Å². The summed E-state index contributed by atoms with van der Waals surface area (Å²) in [6, 6.07) is 8.36. The second kappa shape index (κ2) is 6.55. The lowest BCUT2D eigenvalue weighted by molar-refractivity contribution is 0.212. The van der Waals surface area contributed by atoms with Gasteiger partial charge in [-0.2, -0.15) is 0 Å². The molecule has 0 spiro atoms. The molecule has 0 radical (unpaired) electrons. The van der Waals surface area contributed by atoms with Crippen molar-refractivity contribution in [2.75, 3.05) is 32.7 Å². The minimum absolute atomic E-state index is 0.598. The Labute approximate surface area is 115 Å². The summed E-state index contributed by atoms with van der Waals surface area (Å²) < 4.78 is 0.